The molecular formula is C32H56O5S. The van der Waals surface area contributed by atoms with Gasteiger partial charge in [0.25, 0.3) is 0 Å². The van der Waals surface area contributed by atoms with Crippen LogP contribution in [0.1, 0.15) is 100 Å². The lowest BCUT2D eigenvalue weighted by Crippen LogP contribution is -2.49. The molecule has 0 aromatic heterocycles. The normalized spacial score (nSPS) is 17.4. The first-order chi connectivity index (χ1) is 17.2. The zero-order chi connectivity index (χ0) is 29.6. The van der Waals surface area contributed by atoms with Gasteiger partial charge in [-0.25, -0.2) is 0 Å². The van der Waals surface area contributed by atoms with Gasteiger partial charge in [0.2, 0.25) is 0 Å². The van der Waals surface area contributed by atoms with Gasteiger partial charge in [0.1, 0.15) is 6.61 Å². The molecule has 0 fully saturated rings. The Hall–Kier alpha value is -1.08. The third-order valence-corrected chi connectivity index (χ3v) is 10.0. The first-order valence-corrected chi connectivity index (χ1v) is 15.1. The number of carbonyl (C=O) groups is 1. The Balaban J connectivity index is 3.20. The monoisotopic (exact) mass is 552 g/mol. The highest BCUT2D eigenvalue weighted by atomic mass is 32.2. The Morgan fingerprint density at radius 2 is 1.39 bits per heavy atom. The molecule has 0 saturated carbocycles. The predicted molar refractivity (Wildman–Crippen MR) is 160 cm³/mol. The second-order valence-corrected chi connectivity index (χ2v) is 15.8. The smallest absolute Gasteiger partial charge is 0.312 e. The van der Waals surface area contributed by atoms with Crippen LogP contribution in [0, 0.1) is 27.1 Å². The molecule has 0 amide bonds. The third kappa shape index (κ3) is 9.53. The largest absolute Gasteiger partial charge is 0.462 e. The quantitative estimate of drug-likeness (QED) is 0.223. The maximum Gasteiger partial charge on any atom is 0.312 e. The molecule has 1 aromatic carbocycles. The van der Waals surface area contributed by atoms with Gasteiger partial charge >= 0.3 is 5.97 Å². The van der Waals surface area contributed by atoms with Crippen LogP contribution in [0.3, 0.4) is 0 Å². The van der Waals surface area contributed by atoms with E-state index in [0.717, 1.165) is 6.42 Å². The molecule has 3 N–H and O–H groups in total. The highest BCUT2D eigenvalue weighted by molar-refractivity contribution is 7.99. The fraction of sp³-hybridized carbons (Fsp3) is 0.781. The zero-order valence-electron chi connectivity index (χ0n) is 25.9. The molecule has 38 heavy (non-hydrogen) atoms. The third-order valence-electron chi connectivity index (χ3n) is 8.77. The fourth-order valence-electron chi connectivity index (χ4n) is 5.09. The molecule has 1 aromatic rings. The summed E-state index contributed by atoms with van der Waals surface area (Å²) in [5.74, 6) is 0.648. The van der Waals surface area contributed by atoms with E-state index in [-0.39, 0.29) is 40.8 Å². The van der Waals surface area contributed by atoms with Crippen molar-refractivity contribution in [3.8, 4) is 0 Å². The molecule has 0 radical (unpaired) electrons. The van der Waals surface area contributed by atoms with Gasteiger partial charge in [-0.1, -0.05) is 99.6 Å². The summed E-state index contributed by atoms with van der Waals surface area (Å²) in [4.78, 5) is 13.7. The number of hydrogen-bond acceptors (Lipinski definition) is 6. The van der Waals surface area contributed by atoms with E-state index in [1.807, 2.05) is 6.92 Å². The predicted octanol–water partition coefficient (Wildman–Crippen LogP) is 6.69. The summed E-state index contributed by atoms with van der Waals surface area (Å²) >= 11 is 1.33. The molecule has 0 saturated heterocycles. The van der Waals surface area contributed by atoms with Crippen LogP contribution in [-0.4, -0.2) is 58.2 Å². The van der Waals surface area contributed by atoms with E-state index in [4.69, 9.17) is 9.84 Å². The van der Waals surface area contributed by atoms with Crippen molar-refractivity contribution in [1.82, 2.24) is 0 Å². The van der Waals surface area contributed by atoms with E-state index in [2.05, 4.69) is 99.6 Å². The van der Waals surface area contributed by atoms with Gasteiger partial charge in [-0.05, 0) is 52.9 Å². The summed E-state index contributed by atoms with van der Waals surface area (Å²) in [5, 5.41) is 28.8. The number of carbonyl (C=O) groups excluding carboxylic acids is 1. The Morgan fingerprint density at radius 3 is 1.87 bits per heavy atom. The number of aliphatic hydroxyl groups is 3. The van der Waals surface area contributed by atoms with Crippen molar-refractivity contribution >= 4 is 17.7 Å². The molecule has 0 aliphatic rings. The highest BCUT2D eigenvalue weighted by Gasteiger charge is 2.54. The van der Waals surface area contributed by atoms with Crippen LogP contribution in [0.5, 0.6) is 0 Å². The van der Waals surface area contributed by atoms with Crippen LogP contribution in [0.2, 0.25) is 0 Å². The first-order valence-electron chi connectivity index (χ1n) is 13.9. The standard InChI is InChI=1S/C32H56O5S/c1-28(2,3)17-26(23-15-13-12-14-16-23)31(9,10)30(7,8)22-32(11,29(4,5)6)27(36)37-19-25(35)21-38-20-24(34)18-33/h12-16,24-26,33-35H,17-22H2,1-11H3. The molecular weight excluding hydrogens is 496 g/mol. The lowest BCUT2D eigenvalue weighted by Gasteiger charge is -2.53. The van der Waals surface area contributed by atoms with Crippen LogP contribution in [0.25, 0.3) is 0 Å². The molecule has 1 rings (SSSR count). The van der Waals surface area contributed by atoms with E-state index in [9.17, 15) is 15.0 Å². The first kappa shape index (κ1) is 34.9. The minimum Gasteiger partial charge on any atom is -0.462 e. The van der Waals surface area contributed by atoms with Crippen molar-refractivity contribution in [2.45, 2.75) is 107 Å². The van der Waals surface area contributed by atoms with Crippen molar-refractivity contribution < 1.29 is 24.9 Å². The average molecular weight is 553 g/mol. The van der Waals surface area contributed by atoms with E-state index in [0.29, 0.717) is 23.8 Å². The van der Waals surface area contributed by atoms with Crippen molar-refractivity contribution in [2.24, 2.45) is 27.1 Å². The summed E-state index contributed by atoms with van der Waals surface area (Å²) in [6.07, 6.45) is 0.00949. The molecule has 5 nitrogen and oxygen atoms in total. The van der Waals surface area contributed by atoms with Crippen LogP contribution in [0.15, 0.2) is 30.3 Å². The Morgan fingerprint density at radius 1 is 0.868 bits per heavy atom. The molecule has 0 spiro atoms. The number of ether oxygens (including phenoxy) is 1. The minimum atomic E-state index is -0.835. The van der Waals surface area contributed by atoms with Gasteiger partial charge in [-0.2, -0.15) is 11.8 Å². The average Bonchev–Trinajstić information content (AvgIpc) is 2.79. The number of benzene rings is 1. The van der Waals surface area contributed by atoms with Crippen molar-refractivity contribution in [3.05, 3.63) is 35.9 Å². The second-order valence-electron chi connectivity index (χ2n) is 14.7. The zero-order valence-corrected chi connectivity index (χ0v) is 26.7. The van der Waals surface area contributed by atoms with E-state index in [1.165, 1.54) is 17.3 Å². The molecule has 0 aliphatic carbocycles. The van der Waals surface area contributed by atoms with Gasteiger partial charge in [0.15, 0.2) is 0 Å². The number of hydrogen-bond donors (Lipinski definition) is 3. The Labute approximate surface area is 237 Å². The highest BCUT2D eigenvalue weighted by Crippen LogP contribution is 2.59. The van der Waals surface area contributed by atoms with Crippen LogP contribution in [-0.2, 0) is 9.53 Å². The van der Waals surface area contributed by atoms with Gasteiger partial charge in [-0.3, -0.25) is 4.79 Å². The van der Waals surface area contributed by atoms with E-state index in [1.54, 1.807) is 0 Å². The van der Waals surface area contributed by atoms with Gasteiger partial charge < -0.3 is 20.1 Å². The minimum absolute atomic E-state index is 0.0901. The summed E-state index contributed by atoms with van der Waals surface area (Å²) in [5.41, 5.74) is -0.0490. The van der Waals surface area contributed by atoms with E-state index >= 15 is 0 Å². The summed E-state index contributed by atoms with van der Waals surface area (Å²) < 4.78 is 5.75. The summed E-state index contributed by atoms with van der Waals surface area (Å²) in [6.45, 7) is 24.0. The number of esters is 1. The van der Waals surface area contributed by atoms with Crippen molar-refractivity contribution in [3.63, 3.8) is 0 Å². The van der Waals surface area contributed by atoms with Crippen LogP contribution in [0.4, 0.5) is 0 Å². The fourth-order valence-corrected chi connectivity index (χ4v) is 5.97. The number of thioether (sulfide) groups is 1. The summed E-state index contributed by atoms with van der Waals surface area (Å²) in [7, 11) is 0. The number of rotatable bonds is 14. The second kappa shape index (κ2) is 13.5. The van der Waals surface area contributed by atoms with Crippen LogP contribution < -0.4 is 0 Å². The summed E-state index contributed by atoms with van der Waals surface area (Å²) in [6, 6.07) is 10.7. The molecule has 4 unspecified atom stereocenters. The van der Waals surface area contributed by atoms with Crippen LogP contribution >= 0.6 is 11.8 Å². The Kier molecular flexibility index (Phi) is 12.4. The van der Waals surface area contributed by atoms with Gasteiger partial charge in [-0.15, -0.1) is 0 Å². The van der Waals surface area contributed by atoms with Gasteiger partial charge in [0.05, 0.1) is 24.2 Å². The molecule has 0 heterocycles. The van der Waals surface area contributed by atoms with Crippen molar-refractivity contribution in [1.29, 1.82) is 0 Å². The lowest BCUT2D eigenvalue weighted by atomic mass is 9.50. The lowest BCUT2D eigenvalue weighted by molar-refractivity contribution is -0.170. The SMILES string of the molecule is CC(C)(C)CC(c1ccccc1)C(C)(C)C(C)(C)CC(C)(C(=O)OCC(O)CSCC(O)CO)C(C)(C)C. The maximum absolute atomic E-state index is 13.7. The van der Waals surface area contributed by atoms with Gasteiger partial charge in [0, 0.05) is 11.5 Å². The van der Waals surface area contributed by atoms with Crippen molar-refractivity contribution in [2.75, 3.05) is 24.7 Å². The Bertz CT molecular complexity index is 853. The maximum atomic E-state index is 13.7. The molecule has 0 bridgehead atoms. The molecule has 6 heteroatoms. The van der Waals surface area contributed by atoms with E-state index < -0.39 is 17.6 Å². The molecule has 4 atom stereocenters. The number of aliphatic hydroxyl groups excluding tert-OH is 3. The molecule has 0 aliphatic heterocycles. The topological polar surface area (TPSA) is 87.0 Å². The molecule has 220 valence electrons.